The van der Waals surface area contributed by atoms with Crippen molar-refractivity contribution in [2.75, 3.05) is 33.1 Å². The molecule has 0 fully saturated rings. The van der Waals surface area contributed by atoms with Crippen LogP contribution in [-0.4, -0.2) is 53.8 Å². The number of para-hydroxylation sites is 2. The van der Waals surface area contributed by atoms with Crippen LogP contribution in [0.25, 0.3) is 0 Å². The van der Waals surface area contributed by atoms with Gasteiger partial charge in [0.05, 0.1) is 20.8 Å². The summed E-state index contributed by atoms with van der Waals surface area (Å²) >= 11 is 1.57. The summed E-state index contributed by atoms with van der Waals surface area (Å²) in [7, 11) is 5.14. The molecule has 0 aliphatic rings. The molecule has 9 heteroatoms. The normalized spacial score (nSPS) is 10.5. The summed E-state index contributed by atoms with van der Waals surface area (Å²) in [6.45, 7) is 0.990. The number of carbonyl (C=O) groups excluding carboxylic acids is 1. The van der Waals surface area contributed by atoms with Crippen molar-refractivity contribution in [3.63, 3.8) is 0 Å². The second-order valence-corrected chi connectivity index (χ2v) is 7.60. The standard InChI is InChI=1S/C22H26N4O4S/c1-26-20(12-13-23-21(27)16-8-10-17(28-2)11-9-16)24-25-22(26)31-15-14-30-19-7-5-4-6-18(19)29-3/h4-11H,12-15H2,1-3H3,(H,23,27). The van der Waals surface area contributed by atoms with E-state index < -0.39 is 0 Å². The van der Waals surface area contributed by atoms with E-state index >= 15 is 0 Å². The van der Waals surface area contributed by atoms with Crippen LogP contribution in [0.4, 0.5) is 0 Å². The van der Waals surface area contributed by atoms with E-state index in [1.165, 1.54) is 0 Å². The van der Waals surface area contributed by atoms with Gasteiger partial charge in [-0.05, 0) is 36.4 Å². The minimum Gasteiger partial charge on any atom is -0.497 e. The molecule has 1 N–H and O–H groups in total. The SMILES string of the molecule is COc1ccc(C(=O)NCCc2nnc(SCCOc3ccccc3OC)n2C)cc1. The van der Waals surface area contributed by atoms with Crippen LogP contribution in [0.1, 0.15) is 16.2 Å². The Kier molecular flexibility index (Phi) is 8.17. The number of ether oxygens (including phenoxy) is 3. The number of hydrogen-bond acceptors (Lipinski definition) is 7. The molecule has 0 aliphatic carbocycles. The fourth-order valence-corrected chi connectivity index (χ4v) is 3.59. The van der Waals surface area contributed by atoms with Crippen LogP contribution in [0.2, 0.25) is 0 Å². The highest BCUT2D eigenvalue weighted by Gasteiger charge is 2.11. The van der Waals surface area contributed by atoms with Crippen LogP contribution in [0.15, 0.2) is 53.7 Å². The maximum Gasteiger partial charge on any atom is 0.251 e. The Hall–Kier alpha value is -3.20. The molecule has 3 rings (SSSR count). The Morgan fingerprint density at radius 1 is 1.03 bits per heavy atom. The zero-order valence-corrected chi connectivity index (χ0v) is 18.6. The van der Waals surface area contributed by atoms with Crippen molar-refractivity contribution >= 4 is 17.7 Å². The Morgan fingerprint density at radius 2 is 1.77 bits per heavy atom. The number of amides is 1. The first-order valence-electron chi connectivity index (χ1n) is 9.81. The number of aromatic nitrogens is 3. The first-order chi connectivity index (χ1) is 15.1. The second-order valence-electron chi connectivity index (χ2n) is 6.54. The number of methoxy groups -OCH3 is 2. The molecule has 0 saturated heterocycles. The summed E-state index contributed by atoms with van der Waals surface area (Å²) in [6, 6.07) is 14.6. The van der Waals surface area contributed by atoms with Crippen molar-refractivity contribution in [1.82, 2.24) is 20.1 Å². The van der Waals surface area contributed by atoms with Gasteiger partial charge >= 0.3 is 0 Å². The molecular weight excluding hydrogens is 416 g/mol. The van der Waals surface area contributed by atoms with Gasteiger partial charge < -0.3 is 24.1 Å². The van der Waals surface area contributed by atoms with Gasteiger partial charge in [0, 0.05) is 31.3 Å². The molecule has 8 nitrogen and oxygen atoms in total. The first kappa shape index (κ1) is 22.5. The van der Waals surface area contributed by atoms with E-state index in [-0.39, 0.29) is 5.91 Å². The molecular formula is C22H26N4O4S. The van der Waals surface area contributed by atoms with Crippen molar-refractivity contribution in [1.29, 1.82) is 0 Å². The van der Waals surface area contributed by atoms with Crippen molar-refractivity contribution < 1.29 is 19.0 Å². The van der Waals surface area contributed by atoms with E-state index in [4.69, 9.17) is 14.2 Å². The van der Waals surface area contributed by atoms with Gasteiger partial charge in [-0.25, -0.2) is 0 Å². The van der Waals surface area contributed by atoms with Gasteiger partial charge in [0.25, 0.3) is 5.91 Å². The Bertz CT molecular complexity index is 991. The maximum absolute atomic E-state index is 12.2. The Morgan fingerprint density at radius 3 is 2.48 bits per heavy atom. The Labute approximate surface area is 185 Å². The lowest BCUT2D eigenvalue weighted by Gasteiger charge is -2.10. The lowest BCUT2D eigenvalue weighted by atomic mass is 10.2. The molecule has 164 valence electrons. The lowest BCUT2D eigenvalue weighted by molar-refractivity contribution is 0.0954. The summed E-state index contributed by atoms with van der Waals surface area (Å²) in [5.41, 5.74) is 0.588. The summed E-state index contributed by atoms with van der Waals surface area (Å²) in [5, 5.41) is 12.2. The van der Waals surface area contributed by atoms with Gasteiger partial charge in [0.1, 0.15) is 11.6 Å². The van der Waals surface area contributed by atoms with E-state index in [2.05, 4.69) is 15.5 Å². The molecule has 1 amide bonds. The van der Waals surface area contributed by atoms with Crippen molar-refractivity contribution in [3.8, 4) is 17.2 Å². The predicted molar refractivity (Wildman–Crippen MR) is 119 cm³/mol. The third-order valence-corrected chi connectivity index (χ3v) is 5.54. The third-order valence-electron chi connectivity index (χ3n) is 4.55. The molecule has 0 saturated carbocycles. The topological polar surface area (TPSA) is 87.5 Å². The largest absolute Gasteiger partial charge is 0.497 e. The first-order valence-corrected chi connectivity index (χ1v) is 10.8. The molecule has 0 spiro atoms. The number of thioether (sulfide) groups is 1. The molecule has 0 bridgehead atoms. The zero-order valence-electron chi connectivity index (χ0n) is 17.8. The van der Waals surface area contributed by atoms with E-state index in [9.17, 15) is 4.79 Å². The molecule has 0 aliphatic heterocycles. The van der Waals surface area contributed by atoms with E-state index in [0.29, 0.717) is 36.6 Å². The number of nitrogens with zero attached hydrogens (tertiary/aromatic N) is 3. The van der Waals surface area contributed by atoms with Crippen LogP contribution < -0.4 is 19.5 Å². The van der Waals surface area contributed by atoms with Crippen molar-refractivity contribution in [2.45, 2.75) is 11.6 Å². The molecule has 0 radical (unpaired) electrons. The molecule has 0 atom stereocenters. The molecule has 1 aromatic heterocycles. The van der Waals surface area contributed by atoms with Gasteiger partial charge in [-0.3, -0.25) is 4.79 Å². The summed E-state index contributed by atoms with van der Waals surface area (Å²) < 4.78 is 18.1. The summed E-state index contributed by atoms with van der Waals surface area (Å²) in [5.74, 6) is 3.55. The minimum atomic E-state index is -0.132. The quantitative estimate of drug-likeness (QED) is 0.361. The van der Waals surface area contributed by atoms with Gasteiger partial charge in [0.2, 0.25) is 0 Å². The highest BCUT2D eigenvalue weighted by atomic mass is 32.2. The van der Waals surface area contributed by atoms with Gasteiger partial charge in [-0.1, -0.05) is 23.9 Å². The minimum absolute atomic E-state index is 0.132. The molecule has 2 aromatic carbocycles. The predicted octanol–water partition coefficient (Wildman–Crippen LogP) is 2.98. The van der Waals surface area contributed by atoms with Gasteiger partial charge in [-0.15, -0.1) is 10.2 Å². The Balaban J connectivity index is 1.42. The highest BCUT2D eigenvalue weighted by molar-refractivity contribution is 7.99. The molecule has 31 heavy (non-hydrogen) atoms. The van der Waals surface area contributed by atoms with E-state index in [0.717, 1.165) is 22.5 Å². The van der Waals surface area contributed by atoms with E-state index in [1.807, 2.05) is 35.9 Å². The smallest absolute Gasteiger partial charge is 0.251 e. The van der Waals surface area contributed by atoms with Gasteiger partial charge in [-0.2, -0.15) is 0 Å². The second kappa shape index (κ2) is 11.3. The van der Waals surface area contributed by atoms with Crippen LogP contribution in [0, 0.1) is 0 Å². The maximum atomic E-state index is 12.2. The number of benzene rings is 2. The van der Waals surface area contributed by atoms with Gasteiger partial charge in [0.15, 0.2) is 16.7 Å². The number of rotatable bonds is 11. The summed E-state index contributed by atoms with van der Waals surface area (Å²) in [4.78, 5) is 12.2. The molecule has 3 aromatic rings. The van der Waals surface area contributed by atoms with E-state index in [1.54, 1.807) is 50.2 Å². The number of nitrogens with one attached hydrogen (secondary N) is 1. The lowest BCUT2D eigenvalue weighted by Crippen LogP contribution is -2.26. The summed E-state index contributed by atoms with van der Waals surface area (Å²) in [6.07, 6.45) is 0.587. The number of carbonyl (C=O) groups is 1. The zero-order chi connectivity index (χ0) is 22.1. The van der Waals surface area contributed by atoms with Crippen molar-refractivity contribution in [2.24, 2.45) is 7.05 Å². The fourth-order valence-electron chi connectivity index (χ4n) is 2.84. The fraction of sp³-hybridized carbons (Fsp3) is 0.318. The average molecular weight is 443 g/mol. The van der Waals surface area contributed by atoms with Crippen molar-refractivity contribution in [3.05, 3.63) is 59.9 Å². The van der Waals surface area contributed by atoms with Crippen LogP contribution in [0.3, 0.4) is 0 Å². The van der Waals surface area contributed by atoms with Crippen LogP contribution >= 0.6 is 11.8 Å². The third kappa shape index (κ3) is 6.14. The molecule has 0 unspecified atom stereocenters. The number of hydrogen-bond donors (Lipinski definition) is 1. The van der Waals surface area contributed by atoms with Crippen LogP contribution in [0.5, 0.6) is 17.2 Å². The monoisotopic (exact) mass is 442 g/mol. The average Bonchev–Trinajstić information content (AvgIpc) is 3.16. The van der Waals surface area contributed by atoms with Crippen LogP contribution in [-0.2, 0) is 13.5 Å². The molecule has 1 heterocycles. The highest BCUT2D eigenvalue weighted by Crippen LogP contribution is 2.26.